The molecule has 0 spiro atoms. The predicted octanol–water partition coefficient (Wildman–Crippen LogP) is 3.15. The van der Waals surface area contributed by atoms with Crippen molar-refractivity contribution in [1.29, 1.82) is 0 Å². The van der Waals surface area contributed by atoms with Crippen LogP contribution in [0, 0.1) is 11.8 Å². The van der Waals surface area contributed by atoms with Crippen LogP contribution in [-0.2, 0) is 9.59 Å². The first kappa shape index (κ1) is 29.2. The Hall–Kier alpha value is -2.04. The van der Waals surface area contributed by atoms with E-state index in [1.807, 2.05) is 41.5 Å². The molecule has 0 bridgehead atoms. The summed E-state index contributed by atoms with van der Waals surface area (Å²) in [7, 11) is 1.71. The van der Waals surface area contributed by atoms with E-state index >= 15 is 0 Å². The van der Waals surface area contributed by atoms with Gasteiger partial charge in [0.2, 0.25) is 11.8 Å². The highest BCUT2D eigenvalue weighted by molar-refractivity contribution is 7.09. The van der Waals surface area contributed by atoms with Crippen LogP contribution in [0.2, 0.25) is 0 Å². The maximum atomic E-state index is 13.7. The third kappa shape index (κ3) is 7.01. The summed E-state index contributed by atoms with van der Waals surface area (Å²) in [5.41, 5.74) is -0.809. The molecule has 9 nitrogen and oxygen atoms in total. The van der Waals surface area contributed by atoms with E-state index in [4.69, 9.17) is 5.11 Å². The van der Waals surface area contributed by atoms with E-state index in [1.165, 1.54) is 5.38 Å². The number of aromatic nitrogens is 1. The maximum Gasteiger partial charge on any atom is 0.355 e. The molecular weight excluding hydrogens is 468 g/mol. The third-order valence-electron chi connectivity index (χ3n) is 7.32. The average Bonchev–Trinajstić information content (AvgIpc) is 3.51. The van der Waals surface area contributed by atoms with Crippen LogP contribution in [0.25, 0.3) is 0 Å². The Labute approximate surface area is 212 Å². The van der Waals surface area contributed by atoms with E-state index in [0.29, 0.717) is 5.01 Å². The Balaban J connectivity index is 2.19. The number of nitrogens with zero attached hydrogens (tertiary/aromatic N) is 3. The van der Waals surface area contributed by atoms with Crippen molar-refractivity contribution < 1.29 is 24.6 Å². The zero-order valence-corrected chi connectivity index (χ0v) is 22.9. The lowest BCUT2D eigenvalue weighted by Crippen LogP contribution is -2.60. The van der Waals surface area contributed by atoms with Crippen molar-refractivity contribution in [1.82, 2.24) is 20.1 Å². The molecule has 2 rings (SSSR count). The minimum atomic E-state index is -1.14. The largest absolute Gasteiger partial charge is 0.476 e. The second-order valence-corrected chi connectivity index (χ2v) is 11.4. The van der Waals surface area contributed by atoms with E-state index in [2.05, 4.69) is 15.2 Å². The van der Waals surface area contributed by atoms with Gasteiger partial charge in [-0.2, -0.15) is 0 Å². The van der Waals surface area contributed by atoms with Gasteiger partial charge >= 0.3 is 5.97 Å². The van der Waals surface area contributed by atoms with E-state index in [1.54, 1.807) is 11.9 Å². The lowest BCUT2D eigenvalue weighted by atomic mass is 9.92. The van der Waals surface area contributed by atoms with Gasteiger partial charge in [-0.05, 0) is 51.6 Å². The Morgan fingerprint density at radius 2 is 1.83 bits per heavy atom. The minimum Gasteiger partial charge on any atom is -0.476 e. The Morgan fingerprint density at radius 1 is 1.23 bits per heavy atom. The maximum absolute atomic E-state index is 13.7. The van der Waals surface area contributed by atoms with Crippen molar-refractivity contribution in [2.24, 2.45) is 11.8 Å². The number of aliphatic hydroxyl groups is 1. The summed E-state index contributed by atoms with van der Waals surface area (Å²) in [4.78, 5) is 46.0. The standard InChI is InChI=1S/C25H42N4O5S/c1-8-16(4)20(27-24(34)25(5,6)29-11-9-10-12-29)22(31)28(7)18(15(2)3)13-19(30)21-26-17(14-35-21)23(32)33/h14-16,18-20,30H,8-13H2,1-7H3,(H,27,34)(H,32,33). The molecule has 35 heavy (non-hydrogen) atoms. The van der Waals surface area contributed by atoms with Crippen LogP contribution >= 0.6 is 11.3 Å². The molecule has 198 valence electrons. The monoisotopic (exact) mass is 510 g/mol. The van der Waals surface area contributed by atoms with Crippen LogP contribution in [0.5, 0.6) is 0 Å². The number of carboxylic acids is 1. The number of thiazole rings is 1. The molecule has 4 atom stereocenters. The molecule has 1 aliphatic heterocycles. The topological polar surface area (TPSA) is 123 Å². The molecule has 1 aromatic heterocycles. The Bertz CT molecular complexity index is 881. The van der Waals surface area contributed by atoms with Crippen LogP contribution in [-0.4, -0.2) is 80.5 Å². The molecule has 1 aromatic rings. The molecule has 0 aromatic carbocycles. The van der Waals surface area contributed by atoms with Gasteiger partial charge in [0.1, 0.15) is 17.2 Å². The summed E-state index contributed by atoms with van der Waals surface area (Å²) in [5, 5.41) is 24.7. The zero-order valence-electron chi connectivity index (χ0n) is 22.1. The predicted molar refractivity (Wildman–Crippen MR) is 136 cm³/mol. The molecule has 10 heteroatoms. The first-order valence-electron chi connectivity index (χ1n) is 12.5. The molecule has 0 radical (unpaired) electrons. The summed E-state index contributed by atoms with van der Waals surface area (Å²) in [6.07, 6.45) is 2.08. The highest BCUT2D eigenvalue weighted by Crippen LogP contribution is 2.28. The van der Waals surface area contributed by atoms with Crippen molar-refractivity contribution in [3.63, 3.8) is 0 Å². The molecule has 4 unspecified atom stereocenters. The van der Waals surface area contributed by atoms with E-state index < -0.39 is 23.7 Å². The van der Waals surface area contributed by atoms with Crippen molar-refractivity contribution in [2.45, 2.75) is 91.0 Å². The molecule has 2 heterocycles. The number of aliphatic hydroxyl groups excluding tert-OH is 1. The van der Waals surface area contributed by atoms with Crippen molar-refractivity contribution in [2.75, 3.05) is 20.1 Å². The average molecular weight is 511 g/mol. The fraction of sp³-hybridized carbons (Fsp3) is 0.760. The molecule has 0 saturated carbocycles. The number of carbonyl (C=O) groups excluding carboxylic acids is 2. The summed E-state index contributed by atoms with van der Waals surface area (Å²) in [6, 6.07) is -1.01. The molecule has 0 aliphatic carbocycles. The fourth-order valence-corrected chi connectivity index (χ4v) is 5.34. The molecule has 1 fully saturated rings. The van der Waals surface area contributed by atoms with Crippen molar-refractivity contribution in [3.05, 3.63) is 16.1 Å². The van der Waals surface area contributed by atoms with Gasteiger partial charge in [0.25, 0.3) is 0 Å². The zero-order chi connectivity index (χ0) is 26.5. The number of hydrogen-bond acceptors (Lipinski definition) is 7. The first-order valence-corrected chi connectivity index (χ1v) is 13.4. The lowest BCUT2D eigenvalue weighted by Gasteiger charge is -2.39. The van der Waals surface area contributed by atoms with Gasteiger partial charge in [0, 0.05) is 24.9 Å². The van der Waals surface area contributed by atoms with Crippen LogP contribution in [0.4, 0.5) is 0 Å². The van der Waals surface area contributed by atoms with E-state index in [-0.39, 0.29) is 41.8 Å². The molecular formula is C25H42N4O5S. The van der Waals surface area contributed by atoms with Crippen LogP contribution in [0.15, 0.2) is 5.38 Å². The fourth-order valence-electron chi connectivity index (χ4n) is 4.55. The smallest absolute Gasteiger partial charge is 0.355 e. The number of likely N-dealkylation sites (N-methyl/N-ethyl adjacent to an activating group) is 1. The number of nitrogens with one attached hydrogen (secondary N) is 1. The third-order valence-corrected chi connectivity index (χ3v) is 8.27. The highest BCUT2D eigenvalue weighted by atomic mass is 32.1. The second-order valence-electron chi connectivity index (χ2n) is 10.5. The summed E-state index contributed by atoms with van der Waals surface area (Å²) < 4.78 is 0. The van der Waals surface area contributed by atoms with Gasteiger partial charge in [0.05, 0.1) is 5.54 Å². The van der Waals surface area contributed by atoms with Gasteiger partial charge in [-0.25, -0.2) is 9.78 Å². The Kier molecular flexibility index (Phi) is 10.2. The summed E-state index contributed by atoms with van der Waals surface area (Å²) in [5.74, 6) is -1.54. The number of carboxylic acid groups (broad SMARTS) is 1. The first-order chi connectivity index (χ1) is 16.3. The van der Waals surface area contributed by atoms with Gasteiger partial charge < -0.3 is 20.4 Å². The van der Waals surface area contributed by atoms with Gasteiger partial charge in [-0.15, -0.1) is 11.3 Å². The molecule has 2 amide bonds. The second kappa shape index (κ2) is 12.3. The SMILES string of the molecule is CCC(C)C(NC(=O)C(C)(C)N1CCCC1)C(=O)N(C)C(CC(O)c1nc(C(=O)O)cs1)C(C)C. The highest BCUT2D eigenvalue weighted by Gasteiger charge is 2.40. The van der Waals surface area contributed by atoms with Crippen molar-refractivity contribution >= 4 is 29.1 Å². The van der Waals surface area contributed by atoms with Gasteiger partial charge in [-0.3, -0.25) is 14.5 Å². The molecule has 1 aliphatic rings. The van der Waals surface area contributed by atoms with Crippen LogP contribution in [0.1, 0.15) is 88.8 Å². The Morgan fingerprint density at radius 3 is 2.31 bits per heavy atom. The number of amides is 2. The lowest BCUT2D eigenvalue weighted by molar-refractivity contribution is -0.142. The number of aromatic carboxylic acids is 1. The molecule has 1 saturated heterocycles. The number of hydrogen-bond donors (Lipinski definition) is 3. The minimum absolute atomic E-state index is 0.0202. The van der Waals surface area contributed by atoms with E-state index in [0.717, 1.165) is 43.7 Å². The van der Waals surface area contributed by atoms with Crippen LogP contribution < -0.4 is 5.32 Å². The summed E-state index contributed by atoms with van der Waals surface area (Å²) in [6.45, 7) is 13.4. The number of rotatable bonds is 12. The number of likely N-dealkylation sites (tertiary alicyclic amines) is 1. The van der Waals surface area contributed by atoms with Gasteiger partial charge in [-0.1, -0.05) is 34.1 Å². The number of carbonyl (C=O) groups is 3. The van der Waals surface area contributed by atoms with Gasteiger partial charge in [0.15, 0.2) is 5.69 Å². The normalized spacial score (nSPS) is 18.2. The van der Waals surface area contributed by atoms with E-state index in [9.17, 15) is 19.5 Å². The molecule has 3 N–H and O–H groups in total. The van der Waals surface area contributed by atoms with Crippen molar-refractivity contribution in [3.8, 4) is 0 Å². The van der Waals surface area contributed by atoms with Crippen LogP contribution in [0.3, 0.4) is 0 Å². The quantitative estimate of drug-likeness (QED) is 0.395. The summed E-state index contributed by atoms with van der Waals surface area (Å²) >= 11 is 1.09.